The highest BCUT2D eigenvalue weighted by molar-refractivity contribution is 9.10. The van der Waals surface area contributed by atoms with E-state index in [0.29, 0.717) is 18.8 Å². The van der Waals surface area contributed by atoms with Gasteiger partial charge in [-0.3, -0.25) is 0 Å². The maximum absolute atomic E-state index is 11.4. The Morgan fingerprint density at radius 1 is 1.25 bits per heavy atom. The van der Waals surface area contributed by atoms with Gasteiger partial charge in [-0.25, -0.2) is 4.79 Å². The van der Waals surface area contributed by atoms with Gasteiger partial charge in [0, 0.05) is 11.6 Å². The number of carbonyl (C=O) groups excluding carboxylic acids is 1. The fourth-order valence-electron chi connectivity index (χ4n) is 0.966. The summed E-state index contributed by atoms with van der Waals surface area (Å²) < 4.78 is 15.6. The monoisotopic (exact) mass is 288 g/mol. The van der Waals surface area contributed by atoms with E-state index >= 15 is 0 Å². The third-order valence-corrected chi connectivity index (χ3v) is 2.31. The Bertz CT molecular complexity index is 323. The largest absolute Gasteiger partial charge is 0.435 e. The summed E-state index contributed by atoms with van der Waals surface area (Å²) >= 11 is 3.28. The lowest BCUT2D eigenvalue weighted by Gasteiger charge is -2.05. The molecule has 1 aromatic rings. The van der Waals surface area contributed by atoms with Crippen molar-refractivity contribution in [3.8, 4) is 0 Å². The molecule has 88 valence electrons. The van der Waals surface area contributed by atoms with E-state index in [1.165, 1.54) is 0 Å². The lowest BCUT2D eigenvalue weighted by Crippen LogP contribution is -2.11. The summed E-state index contributed by atoms with van der Waals surface area (Å²) in [4.78, 5) is 11.4. The average Bonchev–Trinajstić information content (AvgIpc) is 2.29. The van der Waals surface area contributed by atoms with Gasteiger partial charge in [0.15, 0.2) is 6.79 Å². The van der Waals surface area contributed by atoms with Gasteiger partial charge in [0.1, 0.15) is 0 Å². The summed E-state index contributed by atoms with van der Waals surface area (Å²) in [7, 11) is 1.58. The number of halogens is 1. The second-order valence-corrected chi connectivity index (χ2v) is 3.87. The smallest absolute Gasteiger partial charge is 0.340 e. The topological polar surface area (TPSA) is 44.8 Å². The van der Waals surface area contributed by atoms with Crippen LogP contribution in [0.15, 0.2) is 28.7 Å². The molecule has 0 saturated carbocycles. The first-order chi connectivity index (χ1) is 7.74. The summed E-state index contributed by atoms with van der Waals surface area (Å²) in [5, 5.41) is 0. The van der Waals surface area contributed by atoms with Crippen molar-refractivity contribution in [3.05, 3.63) is 34.3 Å². The zero-order valence-corrected chi connectivity index (χ0v) is 10.5. The molecule has 0 aromatic heterocycles. The fraction of sp³-hybridized carbons (Fsp3) is 0.364. The predicted octanol–water partition coefficient (Wildman–Crippen LogP) is 2.23. The minimum Gasteiger partial charge on any atom is -0.435 e. The molecule has 0 atom stereocenters. The Hall–Kier alpha value is -0.910. The van der Waals surface area contributed by atoms with Crippen LogP contribution in [0, 0.1) is 0 Å². The van der Waals surface area contributed by atoms with Gasteiger partial charge in [-0.1, -0.05) is 15.9 Å². The molecule has 4 nitrogen and oxygen atoms in total. The lowest BCUT2D eigenvalue weighted by atomic mass is 10.2. The van der Waals surface area contributed by atoms with E-state index in [-0.39, 0.29) is 6.79 Å². The van der Waals surface area contributed by atoms with E-state index in [1.807, 2.05) is 0 Å². The van der Waals surface area contributed by atoms with Crippen molar-refractivity contribution in [3.63, 3.8) is 0 Å². The Morgan fingerprint density at radius 3 is 2.56 bits per heavy atom. The Balaban J connectivity index is 2.27. The van der Waals surface area contributed by atoms with Gasteiger partial charge in [0.2, 0.25) is 0 Å². The van der Waals surface area contributed by atoms with Crippen LogP contribution in [0.4, 0.5) is 0 Å². The number of rotatable bonds is 6. The van der Waals surface area contributed by atoms with Crippen molar-refractivity contribution in [2.75, 3.05) is 27.1 Å². The molecule has 0 heterocycles. The SMILES string of the molecule is COCCOCOC(=O)c1ccc(Br)cc1. The highest BCUT2D eigenvalue weighted by atomic mass is 79.9. The molecule has 0 unspecified atom stereocenters. The molecular formula is C11H13BrO4. The van der Waals surface area contributed by atoms with E-state index in [4.69, 9.17) is 14.2 Å². The number of methoxy groups -OCH3 is 1. The van der Waals surface area contributed by atoms with Crippen LogP contribution < -0.4 is 0 Å². The zero-order valence-electron chi connectivity index (χ0n) is 8.94. The quantitative estimate of drug-likeness (QED) is 0.457. The first-order valence-electron chi connectivity index (χ1n) is 4.73. The molecule has 1 aromatic carbocycles. The van der Waals surface area contributed by atoms with Gasteiger partial charge < -0.3 is 14.2 Å². The van der Waals surface area contributed by atoms with Gasteiger partial charge >= 0.3 is 5.97 Å². The Kier molecular flexibility index (Phi) is 6.07. The summed E-state index contributed by atoms with van der Waals surface area (Å²) in [6, 6.07) is 6.92. The third-order valence-electron chi connectivity index (χ3n) is 1.79. The fourth-order valence-corrected chi connectivity index (χ4v) is 1.23. The van der Waals surface area contributed by atoms with Crippen LogP contribution in [0.2, 0.25) is 0 Å². The van der Waals surface area contributed by atoms with E-state index in [0.717, 1.165) is 4.47 Å². The summed E-state index contributed by atoms with van der Waals surface area (Å²) in [6.07, 6.45) is 0. The van der Waals surface area contributed by atoms with Crippen molar-refractivity contribution in [1.29, 1.82) is 0 Å². The summed E-state index contributed by atoms with van der Waals surface area (Å²) in [5.74, 6) is -0.398. The molecule has 0 bridgehead atoms. The van der Waals surface area contributed by atoms with Crippen LogP contribution in [-0.4, -0.2) is 33.1 Å². The third kappa shape index (κ3) is 4.74. The minimum atomic E-state index is -0.398. The van der Waals surface area contributed by atoms with E-state index in [9.17, 15) is 4.79 Å². The predicted molar refractivity (Wildman–Crippen MR) is 62.3 cm³/mol. The summed E-state index contributed by atoms with van der Waals surface area (Å²) in [6.45, 7) is 0.832. The Labute approximate surface area is 103 Å². The zero-order chi connectivity index (χ0) is 11.8. The molecule has 0 fully saturated rings. The highest BCUT2D eigenvalue weighted by Crippen LogP contribution is 2.11. The van der Waals surface area contributed by atoms with Crippen molar-refractivity contribution in [2.45, 2.75) is 0 Å². The molecule has 5 heteroatoms. The van der Waals surface area contributed by atoms with Crippen LogP contribution in [0.5, 0.6) is 0 Å². The molecule has 1 rings (SSSR count). The number of esters is 1. The van der Waals surface area contributed by atoms with Gasteiger partial charge in [0.05, 0.1) is 18.8 Å². The average molecular weight is 289 g/mol. The highest BCUT2D eigenvalue weighted by Gasteiger charge is 2.05. The number of hydrogen-bond acceptors (Lipinski definition) is 4. The van der Waals surface area contributed by atoms with E-state index < -0.39 is 5.97 Å². The van der Waals surface area contributed by atoms with Gasteiger partial charge in [-0.15, -0.1) is 0 Å². The van der Waals surface area contributed by atoms with Crippen LogP contribution >= 0.6 is 15.9 Å². The maximum Gasteiger partial charge on any atom is 0.340 e. The second-order valence-electron chi connectivity index (χ2n) is 2.96. The minimum absolute atomic E-state index is 0.0573. The van der Waals surface area contributed by atoms with Crippen LogP contribution in [0.25, 0.3) is 0 Å². The molecule has 0 N–H and O–H groups in total. The normalized spacial score (nSPS) is 10.1. The molecular weight excluding hydrogens is 276 g/mol. The maximum atomic E-state index is 11.4. The summed E-state index contributed by atoms with van der Waals surface area (Å²) in [5.41, 5.74) is 0.499. The number of benzene rings is 1. The number of carbonyl (C=O) groups is 1. The van der Waals surface area contributed by atoms with Crippen LogP contribution in [0.3, 0.4) is 0 Å². The number of hydrogen-bond donors (Lipinski definition) is 0. The first-order valence-corrected chi connectivity index (χ1v) is 5.52. The molecule has 0 amide bonds. The molecule has 0 aliphatic rings. The van der Waals surface area contributed by atoms with Gasteiger partial charge in [0.25, 0.3) is 0 Å². The molecule has 16 heavy (non-hydrogen) atoms. The van der Waals surface area contributed by atoms with E-state index in [2.05, 4.69) is 15.9 Å². The van der Waals surface area contributed by atoms with Crippen molar-refractivity contribution < 1.29 is 19.0 Å². The van der Waals surface area contributed by atoms with Crippen molar-refractivity contribution >= 4 is 21.9 Å². The van der Waals surface area contributed by atoms with Crippen molar-refractivity contribution in [2.24, 2.45) is 0 Å². The Morgan fingerprint density at radius 2 is 1.94 bits per heavy atom. The first kappa shape index (κ1) is 13.2. The molecule has 0 aliphatic heterocycles. The van der Waals surface area contributed by atoms with Gasteiger partial charge in [-0.05, 0) is 24.3 Å². The molecule has 0 saturated heterocycles. The molecule has 0 radical (unpaired) electrons. The number of ether oxygens (including phenoxy) is 3. The lowest BCUT2D eigenvalue weighted by molar-refractivity contribution is -0.0435. The van der Waals surface area contributed by atoms with E-state index in [1.54, 1.807) is 31.4 Å². The molecule has 0 aliphatic carbocycles. The molecule has 0 spiro atoms. The second kappa shape index (κ2) is 7.38. The van der Waals surface area contributed by atoms with Gasteiger partial charge in [-0.2, -0.15) is 0 Å². The standard InChI is InChI=1S/C11H13BrO4/c1-14-6-7-15-8-16-11(13)9-2-4-10(12)5-3-9/h2-5H,6-8H2,1H3. The van der Waals surface area contributed by atoms with Crippen molar-refractivity contribution in [1.82, 2.24) is 0 Å². The van der Waals surface area contributed by atoms with Crippen LogP contribution in [0.1, 0.15) is 10.4 Å². The van der Waals surface area contributed by atoms with Crippen LogP contribution in [-0.2, 0) is 14.2 Å².